The predicted octanol–water partition coefficient (Wildman–Crippen LogP) is 5.84. The lowest BCUT2D eigenvalue weighted by atomic mass is 9.95. The lowest BCUT2D eigenvalue weighted by Gasteiger charge is -2.26. The number of nitrogens with zero attached hydrogens (tertiary/aromatic N) is 2. The Kier molecular flexibility index (Phi) is 5.65. The summed E-state index contributed by atoms with van der Waals surface area (Å²) in [7, 11) is 1.65. The summed E-state index contributed by atoms with van der Waals surface area (Å²) >= 11 is 6.35. The number of H-pyrrole nitrogens is 1. The second-order valence-electron chi connectivity index (χ2n) is 8.28. The molecule has 0 radical (unpaired) electrons. The molecule has 1 aliphatic heterocycles. The van der Waals surface area contributed by atoms with Gasteiger partial charge in [0, 0.05) is 22.7 Å². The summed E-state index contributed by atoms with van der Waals surface area (Å²) in [5, 5.41) is 8.20. The number of halogens is 1. The quantitative estimate of drug-likeness (QED) is 0.396. The monoisotopic (exact) mass is 457 g/mol. The van der Waals surface area contributed by atoms with Crippen LogP contribution in [0.5, 0.6) is 5.75 Å². The number of ether oxygens (including phenoxy) is 1. The molecule has 0 aliphatic carbocycles. The second-order valence-corrected chi connectivity index (χ2v) is 8.72. The number of hydrogen-bond acceptors (Lipinski definition) is 3. The van der Waals surface area contributed by atoms with Crippen LogP contribution in [0.3, 0.4) is 0 Å². The molecule has 1 amide bonds. The van der Waals surface area contributed by atoms with Crippen LogP contribution in [0.25, 0.3) is 11.3 Å². The van der Waals surface area contributed by atoms with Crippen LogP contribution < -0.4 is 4.74 Å². The molecule has 6 heteroatoms. The Morgan fingerprint density at radius 3 is 2.52 bits per heavy atom. The van der Waals surface area contributed by atoms with E-state index < -0.39 is 0 Å². The number of hydrogen-bond donors (Lipinski definition) is 1. The van der Waals surface area contributed by atoms with Crippen molar-refractivity contribution in [1.82, 2.24) is 15.1 Å². The van der Waals surface area contributed by atoms with Gasteiger partial charge in [-0.05, 0) is 48.7 Å². The Balaban J connectivity index is 1.53. The molecule has 1 unspecified atom stereocenters. The average molecular weight is 458 g/mol. The van der Waals surface area contributed by atoms with E-state index in [4.69, 9.17) is 16.3 Å². The van der Waals surface area contributed by atoms with E-state index in [1.54, 1.807) is 7.11 Å². The van der Waals surface area contributed by atoms with Crippen molar-refractivity contribution >= 4 is 17.5 Å². The van der Waals surface area contributed by atoms with Gasteiger partial charge in [-0.25, -0.2) is 0 Å². The zero-order valence-corrected chi connectivity index (χ0v) is 19.3. The van der Waals surface area contributed by atoms with Gasteiger partial charge in [-0.2, -0.15) is 5.10 Å². The molecule has 3 aromatic carbocycles. The molecule has 1 atom stereocenters. The summed E-state index contributed by atoms with van der Waals surface area (Å²) in [4.78, 5) is 15.4. The minimum Gasteiger partial charge on any atom is -0.497 e. The Labute approximate surface area is 198 Å². The Bertz CT molecular complexity index is 1300. The van der Waals surface area contributed by atoms with E-state index in [0.29, 0.717) is 17.3 Å². The highest BCUT2D eigenvalue weighted by molar-refractivity contribution is 6.30. The van der Waals surface area contributed by atoms with Crippen molar-refractivity contribution in [2.75, 3.05) is 13.7 Å². The largest absolute Gasteiger partial charge is 0.497 e. The number of carbonyl (C=O) groups is 1. The molecule has 2 heterocycles. The Morgan fingerprint density at radius 2 is 1.82 bits per heavy atom. The molecule has 33 heavy (non-hydrogen) atoms. The first-order valence-corrected chi connectivity index (χ1v) is 11.3. The van der Waals surface area contributed by atoms with Crippen molar-refractivity contribution in [3.05, 3.63) is 106 Å². The summed E-state index contributed by atoms with van der Waals surface area (Å²) < 4.78 is 5.26. The summed E-state index contributed by atoms with van der Waals surface area (Å²) in [5.41, 5.74) is 6.52. The van der Waals surface area contributed by atoms with E-state index >= 15 is 0 Å². The van der Waals surface area contributed by atoms with Gasteiger partial charge in [0.05, 0.1) is 18.8 Å². The molecule has 0 saturated heterocycles. The van der Waals surface area contributed by atoms with Gasteiger partial charge >= 0.3 is 0 Å². The molecule has 1 aromatic heterocycles. The number of aromatic amines is 1. The summed E-state index contributed by atoms with van der Waals surface area (Å²) in [6.07, 6.45) is 0.727. The zero-order valence-electron chi connectivity index (χ0n) is 18.5. The van der Waals surface area contributed by atoms with Gasteiger partial charge in [0.2, 0.25) is 0 Å². The molecule has 0 bridgehead atoms. The third-order valence-electron chi connectivity index (χ3n) is 6.15. The van der Waals surface area contributed by atoms with Gasteiger partial charge in [-0.3, -0.25) is 9.89 Å². The van der Waals surface area contributed by atoms with Crippen LogP contribution in [0.15, 0.2) is 72.8 Å². The third kappa shape index (κ3) is 4.00. The summed E-state index contributed by atoms with van der Waals surface area (Å²) in [5.74, 6) is 0.769. The van der Waals surface area contributed by atoms with Crippen molar-refractivity contribution in [1.29, 1.82) is 0 Å². The number of rotatable bonds is 6. The lowest BCUT2D eigenvalue weighted by molar-refractivity contribution is 0.0746. The van der Waals surface area contributed by atoms with Crippen molar-refractivity contribution in [2.45, 2.75) is 19.4 Å². The maximum atomic E-state index is 13.5. The van der Waals surface area contributed by atoms with Crippen LogP contribution in [0, 0.1) is 6.92 Å². The fraction of sp³-hybridized carbons (Fsp3) is 0.185. The minimum absolute atomic E-state index is 0.0469. The first-order valence-electron chi connectivity index (χ1n) is 10.9. The molecule has 1 aliphatic rings. The Hall–Kier alpha value is -3.57. The molecule has 4 aromatic rings. The van der Waals surface area contributed by atoms with Gasteiger partial charge in [0.25, 0.3) is 5.91 Å². The van der Waals surface area contributed by atoms with Gasteiger partial charge in [0.1, 0.15) is 11.4 Å². The van der Waals surface area contributed by atoms with Crippen molar-refractivity contribution in [2.24, 2.45) is 0 Å². The standard InChI is InChI=1S/C27H24ClN3O2/c1-17-6-10-19(11-7-17)24-23-25(30-29-24)27(32)31(26(23)20-4-3-5-21(28)16-20)15-14-18-8-12-22(33-2)13-9-18/h3-13,16,26H,14-15H2,1-2H3,(H,29,30). The number of carbonyl (C=O) groups excluding carboxylic acids is 1. The molecule has 0 spiro atoms. The van der Waals surface area contributed by atoms with Gasteiger partial charge < -0.3 is 9.64 Å². The van der Waals surface area contributed by atoms with E-state index in [1.165, 1.54) is 5.56 Å². The molecule has 5 nitrogen and oxygen atoms in total. The van der Waals surface area contributed by atoms with E-state index in [9.17, 15) is 4.79 Å². The van der Waals surface area contributed by atoms with Crippen molar-refractivity contribution in [3.63, 3.8) is 0 Å². The summed E-state index contributed by atoms with van der Waals surface area (Å²) in [6, 6.07) is 23.6. The van der Waals surface area contributed by atoms with E-state index in [-0.39, 0.29) is 11.9 Å². The van der Waals surface area contributed by atoms with Crippen molar-refractivity contribution < 1.29 is 9.53 Å². The van der Waals surface area contributed by atoms with Gasteiger partial charge in [-0.1, -0.05) is 65.7 Å². The van der Waals surface area contributed by atoms with E-state index in [0.717, 1.165) is 40.1 Å². The molecule has 5 rings (SSSR count). The van der Waals surface area contributed by atoms with Gasteiger partial charge in [-0.15, -0.1) is 0 Å². The molecular formula is C27H24ClN3O2. The van der Waals surface area contributed by atoms with Crippen LogP contribution in [-0.2, 0) is 6.42 Å². The van der Waals surface area contributed by atoms with Crippen LogP contribution in [0.1, 0.15) is 38.8 Å². The zero-order chi connectivity index (χ0) is 22.9. The molecule has 166 valence electrons. The fourth-order valence-corrected chi connectivity index (χ4v) is 4.62. The van der Waals surface area contributed by atoms with Crippen molar-refractivity contribution in [3.8, 4) is 17.0 Å². The number of nitrogens with one attached hydrogen (secondary N) is 1. The molecular weight excluding hydrogens is 434 g/mol. The highest BCUT2D eigenvalue weighted by Gasteiger charge is 2.41. The lowest BCUT2D eigenvalue weighted by Crippen LogP contribution is -2.31. The third-order valence-corrected chi connectivity index (χ3v) is 6.39. The number of fused-ring (bicyclic) bond motifs is 1. The second kappa shape index (κ2) is 8.75. The minimum atomic E-state index is -0.264. The first-order chi connectivity index (χ1) is 16.0. The highest BCUT2D eigenvalue weighted by atomic mass is 35.5. The molecule has 0 fully saturated rings. The van der Waals surface area contributed by atoms with E-state index in [1.807, 2.05) is 65.6 Å². The topological polar surface area (TPSA) is 58.2 Å². The van der Waals surface area contributed by atoms with E-state index in [2.05, 4.69) is 29.3 Å². The number of aryl methyl sites for hydroxylation is 1. The van der Waals surface area contributed by atoms with Crippen LogP contribution in [0.4, 0.5) is 0 Å². The van der Waals surface area contributed by atoms with Gasteiger partial charge in [0.15, 0.2) is 0 Å². The van der Waals surface area contributed by atoms with Crippen LogP contribution in [-0.4, -0.2) is 34.7 Å². The fourth-order valence-electron chi connectivity index (χ4n) is 4.42. The summed E-state index contributed by atoms with van der Waals surface area (Å²) in [6.45, 7) is 2.62. The average Bonchev–Trinajstić information content (AvgIpc) is 3.37. The smallest absolute Gasteiger partial charge is 0.273 e. The highest BCUT2D eigenvalue weighted by Crippen LogP contribution is 2.43. The molecule has 1 N–H and O–H groups in total. The van der Waals surface area contributed by atoms with Crippen LogP contribution in [0.2, 0.25) is 5.02 Å². The molecule has 0 saturated carbocycles. The number of amides is 1. The first kappa shape index (κ1) is 21.3. The van der Waals surface area contributed by atoms with Crippen LogP contribution >= 0.6 is 11.6 Å². The number of benzene rings is 3. The predicted molar refractivity (Wildman–Crippen MR) is 130 cm³/mol. The normalized spacial score (nSPS) is 15.1. The maximum absolute atomic E-state index is 13.5. The number of methoxy groups -OCH3 is 1. The SMILES string of the molecule is COc1ccc(CCN2C(=O)c3[nH]nc(-c4ccc(C)cc4)c3C2c2cccc(Cl)c2)cc1. The maximum Gasteiger partial charge on any atom is 0.273 e. The number of aromatic nitrogens is 2. The Morgan fingerprint density at radius 1 is 1.06 bits per heavy atom.